The molecule has 0 radical (unpaired) electrons. The van der Waals surface area contributed by atoms with Gasteiger partial charge in [0.15, 0.2) is 5.96 Å². The Morgan fingerprint density at radius 3 is 2.56 bits per heavy atom. The van der Waals surface area contributed by atoms with Crippen LogP contribution in [0.2, 0.25) is 0 Å². The number of carbonyl (C=O) groups excluding carboxylic acids is 1. The maximum Gasteiger partial charge on any atom is 0.407 e. The Labute approximate surface area is 162 Å². The van der Waals surface area contributed by atoms with Crippen LogP contribution in [0.1, 0.15) is 32.8 Å². The fourth-order valence-corrected chi connectivity index (χ4v) is 2.14. The maximum atomic E-state index is 11.6. The highest BCUT2D eigenvalue weighted by Crippen LogP contribution is 2.17. The first-order valence-electron chi connectivity index (χ1n) is 9.08. The third-order valence-electron chi connectivity index (χ3n) is 3.31. The van der Waals surface area contributed by atoms with Gasteiger partial charge in [0.25, 0.3) is 0 Å². The Bertz CT molecular complexity index is 624. The molecule has 27 heavy (non-hydrogen) atoms. The summed E-state index contributed by atoms with van der Waals surface area (Å²) in [6, 6.07) is 7.84. The van der Waals surface area contributed by atoms with Crippen LogP contribution in [0.25, 0.3) is 0 Å². The molecule has 0 aromatic heterocycles. The molecule has 0 saturated carbocycles. The SMILES string of the molecule is C=CCOc1ccccc1CNC(=NC)NCCCNC(=O)OC(C)(C)C. The first kappa shape index (κ1) is 22.3. The van der Waals surface area contributed by atoms with Crippen molar-refractivity contribution in [3.63, 3.8) is 0 Å². The summed E-state index contributed by atoms with van der Waals surface area (Å²) >= 11 is 0. The Morgan fingerprint density at radius 1 is 1.19 bits per heavy atom. The van der Waals surface area contributed by atoms with Gasteiger partial charge < -0.3 is 25.4 Å². The van der Waals surface area contributed by atoms with Crippen molar-refractivity contribution in [1.82, 2.24) is 16.0 Å². The normalized spacial score (nSPS) is 11.5. The highest BCUT2D eigenvalue weighted by atomic mass is 16.6. The molecule has 3 N–H and O–H groups in total. The molecule has 0 aliphatic rings. The number of amides is 1. The largest absolute Gasteiger partial charge is 0.489 e. The number of hydrogen-bond donors (Lipinski definition) is 3. The van der Waals surface area contributed by atoms with Gasteiger partial charge in [-0.2, -0.15) is 0 Å². The number of carbonyl (C=O) groups is 1. The average Bonchev–Trinajstić information content (AvgIpc) is 2.61. The number of ether oxygens (including phenoxy) is 2. The van der Waals surface area contributed by atoms with Crippen molar-refractivity contribution in [1.29, 1.82) is 0 Å². The molecule has 0 heterocycles. The lowest BCUT2D eigenvalue weighted by Crippen LogP contribution is -2.39. The van der Waals surface area contributed by atoms with Gasteiger partial charge in [-0.25, -0.2) is 4.79 Å². The van der Waals surface area contributed by atoms with E-state index in [9.17, 15) is 4.79 Å². The van der Waals surface area contributed by atoms with E-state index in [1.54, 1.807) is 13.1 Å². The molecule has 7 heteroatoms. The highest BCUT2D eigenvalue weighted by Gasteiger charge is 2.15. The molecule has 0 saturated heterocycles. The lowest BCUT2D eigenvalue weighted by molar-refractivity contribution is 0.0527. The number of benzene rings is 1. The molecule has 1 rings (SSSR count). The van der Waals surface area contributed by atoms with Crippen LogP contribution in [0.4, 0.5) is 4.79 Å². The Morgan fingerprint density at radius 2 is 1.89 bits per heavy atom. The first-order valence-corrected chi connectivity index (χ1v) is 9.08. The zero-order valence-corrected chi connectivity index (χ0v) is 16.8. The summed E-state index contributed by atoms with van der Waals surface area (Å²) in [5.41, 5.74) is 0.550. The smallest absolute Gasteiger partial charge is 0.407 e. The second-order valence-electron chi connectivity index (χ2n) is 6.84. The number of nitrogens with one attached hydrogen (secondary N) is 3. The number of para-hydroxylation sites is 1. The fourth-order valence-electron chi connectivity index (χ4n) is 2.14. The summed E-state index contributed by atoms with van der Waals surface area (Å²) in [4.78, 5) is 15.8. The molecule has 1 aromatic rings. The molecule has 0 fully saturated rings. The van der Waals surface area contributed by atoms with E-state index in [-0.39, 0.29) is 0 Å². The minimum absolute atomic E-state index is 0.402. The van der Waals surface area contributed by atoms with Gasteiger partial charge in [0.2, 0.25) is 0 Å². The number of rotatable bonds is 9. The summed E-state index contributed by atoms with van der Waals surface area (Å²) in [7, 11) is 1.72. The van der Waals surface area contributed by atoms with Crippen molar-refractivity contribution in [2.75, 3.05) is 26.7 Å². The van der Waals surface area contributed by atoms with Gasteiger partial charge in [-0.1, -0.05) is 30.9 Å². The Kier molecular flexibility index (Phi) is 9.79. The van der Waals surface area contributed by atoms with Gasteiger partial charge in [-0.15, -0.1) is 0 Å². The van der Waals surface area contributed by atoms with Crippen LogP contribution in [-0.2, 0) is 11.3 Å². The van der Waals surface area contributed by atoms with Crippen LogP contribution in [0.15, 0.2) is 41.9 Å². The van der Waals surface area contributed by atoms with E-state index in [0.29, 0.717) is 32.2 Å². The molecule has 0 aliphatic heterocycles. The van der Waals surface area contributed by atoms with Crippen molar-refractivity contribution in [3.8, 4) is 5.75 Å². The van der Waals surface area contributed by atoms with Crippen LogP contribution < -0.4 is 20.7 Å². The first-order chi connectivity index (χ1) is 12.9. The van der Waals surface area contributed by atoms with E-state index in [4.69, 9.17) is 9.47 Å². The molecule has 0 atom stereocenters. The molecule has 7 nitrogen and oxygen atoms in total. The van der Waals surface area contributed by atoms with Crippen LogP contribution in [0.3, 0.4) is 0 Å². The molecule has 0 spiro atoms. The van der Waals surface area contributed by atoms with Crippen molar-refractivity contribution in [2.45, 2.75) is 39.3 Å². The van der Waals surface area contributed by atoms with Crippen LogP contribution in [0.5, 0.6) is 5.75 Å². The number of aliphatic imine (C=N–C) groups is 1. The predicted octanol–water partition coefficient (Wildman–Crippen LogP) is 2.83. The lowest BCUT2D eigenvalue weighted by atomic mass is 10.2. The number of alkyl carbamates (subject to hydrolysis) is 1. The number of nitrogens with zero attached hydrogens (tertiary/aromatic N) is 1. The summed E-state index contributed by atoms with van der Waals surface area (Å²) in [6.45, 7) is 11.4. The number of hydrogen-bond acceptors (Lipinski definition) is 4. The Hall–Kier alpha value is -2.70. The van der Waals surface area contributed by atoms with Gasteiger partial charge in [-0.3, -0.25) is 4.99 Å². The summed E-state index contributed by atoms with van der Waals surface area (Å²) in [5.74, 6) is 1.51. The van der Waals surface area contributed by atoms with Crippen LogP contribution >= 0.6 is 0 Å². The topological polar surface area (TPSA) is 84.0 Å². The van der Waals surface area contributed by atoms with E-state index in [0.717, 1.165) is 17.7 Å². The van der Waals surface area contributed by atoms with Gasteiger partial charge in [0.05, 0.1) is 0 Å². The van der Waals surface area contributed by atoms with Crippen molar-refractivity contribution < 1.29 is 14.3 Å². The van der Waals surface area contributed by atoms with E-state index in [1.165, 1.54) is 0 Å². The molecule has 150 valence electrons. The van der Waals surface area contributed by atoms with Gasteiger partial charge in [0, 0.05) is 32.2 Å². The van der Waals surface area contributed by atoms with E-state index >= 15 is 0 Å². The van der Waals surface area contributed by atoms with E-state index < -0.39 is 11.7 Å². The van der Waals surface area contributed by atoms with Crippen molar-refractivity contribution >= 4 is 12.1 Å². The second kappa shape index (κ2) is 11.8. The highest BCUT2D eigenvalue weighted by molar-refractivity contribution is 5.79. The van der Waals surface area contributed by atoms with Crippen molar-refractivity contribution in [3.05, 3.63) is 42.5 Å². The summed E-state index contributed by atoms with van der Waals surface area (Å²) < 4.78 is 10.8. The van der Waals surface area contributed by atoms with E-state index in [2.05, 4.69) is 27.5 Å². The minimum Gasteiger partial charge on any atom is -0.489 e. The lowest BCUT2D eigenvalue weighted by Gasteiger charge is -2.19. The third-order valence-corrected chi connectivity index (χ3v) is 3.31. The second-order valence-corrected chi connectivity index (χ2v) is 6.84. The van der Waals surface area contributed by atoms with Crippen LogP contribution in [0, 0.1) is 0 Å². The van der Waals surface area contributed by atoms with Gasteiger partial charge in [0.1, 0.15) is 18.0 Å². The van der Waals surface area contributed by atoms with Crippen LogP contribution in [-0.4, -0.2) is 44.4 Å². The summed E-state index contributed by atoms with van der Waals surface area (Å²) in [6.07, 6.45) is 2.07. The minimum atomic E-state index is -0.486. The van der Waals surface area contributed by atoms with Gasteiger partial charge in [-0.05, 0) is 33.3 Å². The van der Waals surface area contributed by atoms with Gasteiger partial charge >= 0.3 is 6.09 Å². The zero-order chi connectivity index (χ0) is 20.1. The molecule has 0 unspecified atom stereocenters. The monoisotopic (exact) mass is 376 g/mol. The molecular weight excluding hydrogens is 344 g/mol. The summed E-state index contributed by atoms with van der Waals surface area (Å²) in [5, 5.41) is 9.20. The predicted molar refractivity (Wildman–Crippen MR) is 109 cm³/mol. The fraction of sp³-hybridized carbons (Fsp3) is 0.500. The zero-order valence-electron chi connectivity index (χ0n) is 16.8. The molecule has 1 aromatic carbocycles. The third kappa shape index (κ3) is 10.1. The quantitative estimate of drug-likeness (QED) is 0.267. The maximum absolute atomic E-state index is 11.6. The molecule has 1 amide bonds. The molecule has 0 aliphatic carbocycles. The Balaban J connectivity index is 2.32. The average molecular weight is 377 g/mol. The standard InChI is InChI=1S/C20H32N4O3/c1-6-14-26-17-11-8-7-10-16(17)15-24-18(21-5)22-12-9-13-23-19(25)27-20(2,3)4/h6-8,10-11H,1,9,12-15H2,2-5H3,(H,23,25)(H2,21,22,24). The number of guanidine groups is 1. The van der Waals surface area contributed by atoms with Crippen molar-refractivity contribution in [2.24, 2.45) is 4.99 Å². The molecule has 0 bridgehead atoms. The van der Waals surface area contributed by atoms with E-state index in [1.807, 2.05) is 45.0 Å². The molecular formula is C20H32N4O3.